The molecule has 1 heterocycles. The van der Waals surface area contributed by atoms with Crippen LogP contribution < -0.4 is 9.47 Å². The predicted molar refractivity (Wildman–Crippen MR) is 126 cm³/mol. The third-order valence-electron chi connectivity index (χ3n) is 7.23. The van der Waals surface area contributed by atoms with Gasteiger partial charge in [0, 0.05) is 37.9 Å². The molecule has 0 saturated heterocycles. The van der Waals surface area contributed by atoms with Gasteiger partial charge in [-0.2, -0.15) is 0 Å². The maximum absolute atomic E-state index is 12.8. The van der Waals surface area contributed by atoms with Gasteiger partial charge in [-0.15, -0.1) is 0 Å². The summed E-state index contributed by atoms with van der Waals surface area (Å²) in [5, 5.41) is 0. The number of carbonyl (C=O) groups excluding carboxylic acids is 3. The molecule has 184 valence electrons. The molecule has 35 heavy (non-hydrogen) atoms. The molecule has 0 spiro atoms. The minimum atomic E-state index is -1.04. The number of ether oxygens (including phenoxy) is 4. The average molecular weight is 480 g/mol. The summed E-state index contributed by atoms with van der Waals surface area (Å²) in [4.78, 5) is 38.7. The quantitative estimate of drug-likeness (QED) is 0.555. The van der Waals surface area contributed by atoms with Gasteiger partial charge < -0.3 is 23.8 Å². The average Bonchev–Trinajstić information content (AvgIpc) is 3.09. The number of hydrogen-bond donors (Lipinski definition) is 0. The highest BCUT2D eigenvalue weighted by Crippen LogP contribution is 2.48. The number of carbonyl (C=O) groups is 3. The number of ketones is 2. The van der Waals surface area contributed by atoms with Gasteiger partial charge in [-0.3, -0.25) is 14.4 Å². The molecule has 3 aliphatic carbocycles. The van der Waals surface area contributed by atoms with E-state index < -0.39 is 11.7 Å². The second kappa shape index (κ2) is 9.24. The molecule has 8 heteroatoms. The van der Waals surface area contributed by atoms with Crippen LogP contribution in [0.4, 0.5) is 0 Å². The molecule has 0 aromatic heterocycles. The van der Waals surface area contributed by atoms with Crippen LogP contribution in [0.3, 0.4) is 0 Å². The molecular weight excluding hydrogens is 450 g/mol. The van der Waals surface area contributed by atoms with E-state index in [9.17, 15) is 14.4 Å². The fraction of sp³-hybridized carbons (Fsp3) is 0.444. The molecule has 3 atom stereocenters. The summed E-state index contributed by atoms with van der Waals surface area (Å²) < 4.78 is 23.3. The van der Waals surface area contributed by atoms with Gasteiger partial charge in [0.15, 0.2) is 29.7 Å². The van der Waals surface area contributed by atoms with Crippen molar-refractivity contribution in [2.45, 2.75) is 31.8 Å². The Hall–Kier alpha value is -3.55. The predicted octanol–water partition coefficient (Wildman–Crippen LogP) is 3.27. The van der Waals surface area contributed by atoms with E-state index >= 15 is 0 Å². The highest BCUT2D eigenvalue weighted by atomic mass is 16.5. The first-order valence-corrected chi connectivity index (χ1v) is 11.9. The van der Waals surface area contributed by atoms with Gasteiger partial charge in [-0.05, 0) is 55.7 Å². The van der Waals surface area contributed by atoms with Crippen molar-refractivity contribution in [2.75, 3.05) is 27.8 Å². The summed E-state index contributed by atoms with van der Waals surface area (Å²) in [6, 6.07) is 5.39. The van der Waals surface area contributed by atoms with E-state index in [1.165, 1.54) is 36.0 Å². The van der Waals surface area contributed by atoms with Gasteiger partial charge in [-0.25, -0.2) is 0 Å². The standard InChI is InChI=1S/C27H29NO7/c1-28(2)26(31)14-33-18-11-20(29)27-21(30)13-23(35-25(27)12-18)17-6-7-22(32-3)24(10-17)34-19-8-15-4-5-16(15)9-19/h6-7,10-13,15-16,19,27H,4-5,8-9,14H2,1-3H3. The van der Waals surface area contributed by atoms with Crippen molar-refractivity contribution in [1.29, 1.82) is 0 Å². The van der Waals surface area contributed by atoms with Crippen molar-refractivity contribution < 1.29 is 33.3 Å². The second-order valence-corrected chi connectivity index (χ2v) is 9.69. The Morgan fingerprint density at radius 1 is 1.03 bits per heavy atom. The number of amides is 1. The van der Waals surface area contributed by atoms with Crippen molar-refractivity contribution in [3.8, 4) is 11.5 Å². The number of rotatable bonds is 7. The smallest absolute Gasteiger partial charge is 0.259 e. The summed E-state index contributed by atoms with van der Waals surface area (Å²) in [6.45, 7) is -0.223. The largest absolute Gasteiger partial charge is 0.493 e. The van der Waals surface area contributed by atoms with Crippen LogP contribution in [-0.4, -0.2) is 56.3 Å². The minimum Gasteiger partial charge on any atom is -0.493 e. The highest BCUT2D eigenvalue weighted by molar-refractivity contribution is 6.17. The molecule has 1 aliphatic heterocycles. The fourth-order valence-corrected chi connectivity index (χ4v) is 5.09. The van der Waals surface area contributed by atoms with E-state index in [0.717, 1.165) is 24.7 Å². The van der Waals surface area contributed by atoms with E-state index in [0.29, 0.717) is 22.8 Å². The lowest BCUT2D eigenvalue weighted by Gasteiger charge is -2.28. The lowest BCUT2D eigenvalue weighted by molar-refractivity contribution is -0.133. The van der Waals surface area contributed by atoms with Gasteiger partial charge in [0.2, 0.25) is 0 Å². The number of likely N-dealkylation sites (N-methyl/N-ethyl adjacent to an activating group) is 1. The molecule has 2 saturated carbocycles. The van der Waals surface area contributed by atoms with Gasteiger partial charge in [0.05, 0.1) is 13.2 Å². The molecule has 5 rings (SSSR count). The molecule has 0 bridgehead atoms. The van der Waals surface area contributed by atoms with Crippen LogP contribution in [0.2, 0.25) is 0 Å². The summed E-state index contributed by atoms with van der Waals surface area (Å²) in [6.07, 6.45) is 8.89. The first-order valence-electron chi connectivity index (χ1n) is 11.9. The molecule has 0 N–H and O–H groups in total. The van der Waals surface area contributed by atoms with Gasteiger partial charge in [0.1, 0.15) is 23.2 Å². The SMILES string of the molecule is COc1ccc(C2=CC(=O)C3C(=O)C=C(OCC(=O)N(C)C)C=C3O2)cc1OC1CC2CCC2C1. The Balaban J connectivity index is 1.36. The number of benzene rings is 1. The molecule has 1 aromatic carbocycles. The van der Waals surface area contributed by atoms with Crippen molar-refractivity contribution in [3.63, 3.8) is 0 Å². The first kappa shape index (κ1) is 23.2. The normalized spacial score (nSPS) is 26.8. The zero-order valence-electron chi connectivity index (χ0n) is 20.1. The van der Waals surface area contributed by atoms with Crippen molar-refractivity contribution in [2.24, 2.45) is 17.8 Å². The molecule has 0 radical (unpaired) electrons. The van der Waals surface area contributed by atoms with Crippen molar-refractivity contribution >= 4 is 23.2 Å². The van der Waals surface area contributed by atoms with E-state index in [1.807, 2.05) is 6.07 Å². The first-order chi connectivity index (χ1) is 16.8. The second-order valence-electron chi connectivity index (χ2n) is 9.69. The summed E-state index contributed by atoms with van der Waals surface area (Å²) in [5.41, 5.74) is 0.640. The van der Waals surface area contributed by atoms with E-state index in [1.54, 1.807) is 33.3 Å². The maximum Gasteiger partial charge on any atom is 0.259 e. The lowest BCUT2D eigenvalue weighted by atomic mass is 9.77. The Morgan fingerprint density at radius 3 is 2.40 bits per heavy atom. The molecule has 4 aliphatic rings. The highest BCUT2D eigenvalue weighted by Gasteiger charge is 2.42. The van der Waals surface area contributed by atoms with Crippen molar-refractivity contribution in [3.05, 3.63) is 53.5 Å². The van der Waals surface area contributed by atoms with Crippen LogP contribution in [0.5, 0.6) is 11.5 Å². The van der Waals surface area contributed by atoms with Crippen molar-refractivity contribution in [1.82, 2.24) is 4.90 Å². The van der Waals surface area contributed by atoms with Crippen LogP contribution in [0, 0.1) is 17.8 Å². The molecule has 1 amide bonds. The zero-order chi connectivity index (χ0) is 24.7. The van der Waals surface area contributed by atoms with Crippen LogP contribution in [0.1, 0.15) is 31.2 Å². The van der Waals surface area contributed by atoms with Gasteiger partial charge in [-0.1, -0.05) is 0 Å². The number of hydrogen-bond acceptors (Lipinski definition) is 7. The Morgan fingerprint density at radius 2 is 1.74 bits per heavy atom. The number of fused-ring (bicyclic) bond motifs is 2. The topological polar surface area (TPSA) is 91.4 Å². The summed E-state index contributed by atoms with van der Waals surface area (Å²) in [7, 11) is 4.83. The van der Waals surface area contributed by atoms with Crippen LogP contribution in [0.25, 0.3) is 5.76 Å². The molecule has 8 nitrogen and oxygen atoms in total. The fourth-order valence-electron chi connectivity index (χ4n) is 5.09. The zero-order valence-corrected chi connectivity index (χ0v) is 20.1. The van der Waals surface area contributed by atoms with E-state index in [2.05, 4.69) is 0 Å². The van der Waals surface area contributed by atoms with Gasteiger partial charge >= 0.3 is 0 Å². The van der Waals surface area contributed by atoms with E-state index in [4.69, 9.17) is 18.9 Å². The van der Waals surface area contributed by atoms with Crippen LogP contribution in [0.15, 0.2) is 47.9 Å². The third-order valence-corrected chi connectivity index (χ3v) is 7.23. The molecule has 3 unspecified atom stereocenters. The Bertz CT molecular complexity index is 1150. The molecule has 2 fully saturated rings. The Labute approximate surface area is 204 Å². The number of methoxy groups -OCH3 is 1. The van der Waals surface area contributed by atoms with Crippen LogP contribution in [-0.2, 0) is 23.9 Å². The van der Waals surface area contributed by atoms with Crippen LogP contribution >= 0.6 is 0 Å². The van der Waals surface area contributed by atoms with E-state index in [-0.39, 0.29) is 35.9 Å². The lowest BCUT2D eigenvalue weighted by Crippen LogP contribution is -2.31. The summed E-state index contributed by atoms with van der Waals surface area (Å²) >= 11 is 0. The maximum atomic E-state index is 12.8. The number of nitrogens with zero attached hydrogens (tertiary/aromatic N) is 1. The molecule has 1 aromatic rings. The number of allylic oxidation sites excluding steroid dienone is 4. The Kier molecular flexibility index (Phi) is 6.13. The molecular formula is C27H29NO7. The monoisotopic (exact) mass is 479 g/mol. The van der Waals surface area contributed by atoms with Gasteiger partial charge in [0.25, 0.3) is 5.91 Å². The summed E-state index contributed by atoms with van der Waals surface area (Å²) in [5.74, 6) is 1.33. The minimum absolute atomic E-state index is 0.150. The third kappa shape index (κ3) is 4.57.